The minimum atomic E-state index is -3.81. The Kier molecular flexibility index (Phi) is 3.49. The predicted octanol–water partition coefficient (Wildman–Crippen LogP) is 1.28. The van der Waals surface area contributed by atoms with Crippen LogP contribution >= 0.6 is 11.6 Å². The van der Waals surface area contributed by atoms with Gasteiger partial charge in [-0.2, -0.15) is 0 Å². The molecular formula is C9H10ClNO3S. The molecule has 0 amide bonds. The van der Waals surface area contributed by atoms with Gasteiger partial charge in [0.15, 0.2) is 0 Å². The van der Waals surface area contributed by atoms with Gasteiger partial charge in [-0.25, -0.2) is 13.6 Å². The molecule has 0 fully saturated rings. The lowest BCUT2D eigenvalue weighted by molar-refractivity contribution is 0.108. The van der Waals surface area contributed by atoms with Gasteiger partial charge < -0.3 is 0 Å². The summed E-state index contributed by atoms with van der Waals surface area (Å²) >= 11 is 5.25. The number of benzene rings is 1. The molecule has 0 heterocycles. The van der Waals surface area contributed by atoms with Crippen LogP contribution in [0.3, 0.4) is 0 Å². The summed E-state index contributed by atoms with van der Waals surface area (Å²) < 4.78 is 22.4. The van der Waals surface area contributed by atoms with Crippen molar-refractivity contribution in [1.82, 2.24) is 0 Å². The van der Waals surface area contributed by atoms with Gasteiger partial charge in [0, 0.05) is 5.56 Å². The van der Waals surface area contributed by atoms with E-state index >= 15 is 0 Å². The molecule has 0 aliphatic rings. The predicted molar refractivity (Wildman–Crippen MR) is 57.4 cm³/mol. The average molecular weight is 248 g/mol. The molecule has 0 aliphatic carbocycles. The monoisotopic (exact) mass is 247 g/mol. The summed E-state index contributed by atoms with van der Waals surface area (Å²) in [6.07, 6.45) is 0.516. The summed E-state index contributed by atoms with van der Waals surface area (Å²) in [5.41, 5.74) is 0.692. The molecule has 0 spiro atoms. The first-order valence-electron chi connectivity index (χ1n) is 4.21. The van der Waals surface area contributed by atoms with Gasteiger partial charge in [0.1, 0.15) is 0 Å². The van der Waals surface area contributed by atoms with Gasteiger partial charge in [-0.15, -0.1) is 0 Å². The van der Waals surface area contributed by atoms with Crippen LogP contribution in [0.15, 0.2) is 23.1 Å². The van der Waals surface area contributed by atoms with Crippen LogP contribution in [0.1, 0.15) is 22.8 Å². The molecule has 0 aliphatic heterocycles. The van der Waals surface area contributed by atoms with Gasteiger partial charge >= 0.3 is 0 Å². The highest BCUT2D eigenvalue weighted by Gasteiger charge is 2.15. The highest BCUT2D eigenvalue weighted by Crippen LogP contribution is 2.18. The van der Waals surface area contributed by atoms with Crippen LogP contribution in [0.4, 0.5) is 0 Å². The van der Waals surface area contributed by atoms with Crippen LogP contribution in [-0.4, -0.2) is 13.7 Å². The fourth-order valence-corrected chi connectivity index (χ4v) is 2.22. The van der Waals surface area contributed by atoms with Crippen molar-refractivity contribution in [2.24, 2.45) is 5.14 Å². The molecule has 4 nitrogen and oxygen atoms in total. The van der Waals surface area contributed by atoms with E-state index in [0.717, 1.165) is 0 Å². The van der Waals surface area contributed by atoms with Crippen molar-refractivity contribution in [2.45, 2.75) is 18.2 Å². The molecule has 1 aromatic carbocycles. The molecule has 0 atom stereocenters. The first-order chi connectivity index (χ1) is 6.86. The molecular weight excluding hydrogens is 238 g/mol. The minimum Gasteiger partial charge on any atom is -0.276 e. The molecule has 0 aromatic heterocycles. The number of carbonyl (C=O) groups excluding carboxylic acids is 1. The molecule has 1 aromatic rings. The van der Waals surface area contributed by atoms with Gasteiger partial charge in [-0.1, -0.05) is 13.0 Å². The largest absolute Gasteiger partial charge is 0.276 e. The van der Waals surface area contributed by atoms with Crippen LogP contribution in [-0.2, 0) is 16.4 Å². The molecule has 0 radical (unpaired) electrons. The minimum absolute atomic E-state index is 0.0449. The highest BCUT2D eigenvalue weighted by atomic mass is 35.5. The maximum atomic E-state index is 11.2. The first kappa shape index (κ1) is 12.2. The van der Waals surface area contributed by atoms with E-state index in [0.29, 0.717) is 12.0 Å². The Morgan fingerprint density at radius 2 is 2.07 bits per heavy atom. The summed E-state index contributed by atoms with van der Waals surface area (Å²) in [5, 5.41) is 4.31. The van der Waals surface area contributed by atoms with Crippen molar-refractivity contribution in [3.63, 3.8) is 0 Å². The third-order valence-electron chi connectivity index (χ3n) is 1.98. The van der Waals surface area contributed by atoms with Gasteiger partial charge in [0.05, 0.1) is 4.90 Å². The molecule has 0 unspecified atom stereocenters. The van der Waals surface area contributed by atoms with Crippen LogP contribution in [0, 0.1) is 0 Å². The van der Waals surface area contributed by atoms with Crippen molar-refractivity contribution in [2.75, 3.05) is 0 Å². The molecule has 0 saturated heterocycles. The number of sulfonamides is 1. The Labute approximate surface area is 93.1 Å². The topological polar surface area (TPSA) is 77.2 Å². The second kappa shape index (κ2) is 4.30. The van der Waals surface area contributed by atoms with Crippen molar-refractivity contribution in [1.29, 1.82) is 0 Å². The molecule has 2 N–H and O–H groups in total. The van der Waals surface area contributed by atoms with Gasteiger partial charge in [-0.3, -0.25) is 4.79 Å². The molecule has 1 rings (SSSR count). The molecule has 15 heavy (non-hydrogen) atoms. The molecule has 0 bridgehead atoms. The van der Waals surface area contributed by atoms with E-state index in [9.17, 15) is 13.2 Å². The lowest BCUT2D eigenvalue weighted by Crippen LogP contribution is -2.15. The fraction of sp³-hybridized carbons (Fsp3) is 0.222. The van der Waals surface area contributed by atoms with Crippen molar-refractivity contribution < 1.29 is 13.2 Å². The normalized spacial score (nSPS) is 11.4. The Balaban J connectivity index is 3.46. The van der Waals surface area contributed by atoms with Crippen molar-refractivity contribution in [3.8, 4) is 0 Å². The van der Waals surface area contributed by atoms with Crippen LogP contribution < -0.4 is 5.14 Å². The standard InChI is InChI=1S/C9H10ClNO3S/c1-2-6-3-4-7(9(10)12)5-8(6)15(11,13)14/h3-5H,2H2,1H3,(H2,11,13,14). The maximum Gasteiger partial charge on any atom is 0.252 e. The van der Waals surface area contributed by atoms with E-state index < -0.39 is 15.3 Å². The summed E-state index contributed by atoms with van der Waals surface area (Å²) in [6, 6.07) is 4.21. The Hall–Kier alpha value is -0.910. The Bertz CT molecular complexity index is 496. The van der Waals surface area contributed by atoms with Crippen LogP contribution in [0.2, 0.25) is 0 Å². The van der Waals surface area contributed by atoms with Crippen LogP contribution in [0.5, 0.6) is 0 Å². The first-order valence-corrected chi connectivity index (χ1v) is 6.14. The van der Waals surface area contributed by atoms with E-state index in [4.69, 9.17) is 16.7 Å². The van der Waals surface area contributed by atoms with Gasteiger partial charge in [-0.05, 0) is 35.7 Å². The Morgan fingerprint density at radius 3 is 2.47 bits per heavy atom. The van der Waals surface area contributed by atoms with E-state index in [1.807, 2.05) is 0 Å². The third kappa shape index (κ3) is 2.77. The summed E-state index contributed by atoms with van der Waals surface area (Å²) in [7, 11) is -3.81. The van der Waals surface area contributed by atoms with Crippen molar-refractivity contribution >= 4 is 26.9 Å². The third-order valence-corrected chi connectivity index (χ3v) is 3.19. The molecule has 82 valence electrons. The van der Waals surface area contributed by atoms with Gasteiger partial charge in [0.2, 0.25) is 10.0 Å². The zero-order valence-electron chi connectivity index (χ0n) is 8.03. The molecule has 0 saturated carbocycles. The Morgan fingerprint density at radius 1 is 1.47 bits per heavy atom. The number of nitrogens with two attached hydrogens (primary N) is 1. The van der Waals surface area contributed by atoms with Crippen LogP contribution in [0.25, 0.3) is 0 Å². The average Bonchev–Trinajstić information content (AvgIpc) is 2.15. The number of rotatable bonds is 3. The zero-order valence-corrected chi connectivity index (χ0v) is 9.60. The van der Waals surface area contributed by atoms with E-state index in [-0.39, 0.29) is 10.5 Å². The SMILES string of the molecule is CCc1ccc(C(=O)Cl)cc1S(N)(=O)=O. The number of halogens is 1. The lowest BCUT2D eigenvalue weighted by Gasteiger charge is -2.06. The van der Waals surface area contributed by atoms with Crippen molar-refractivity contribution in [3.05, 3.63) is 29.3 Å². The maximum absolute atomic E-state index is 11.2. The second-order valence-electron chi connectivity index (χ2n) is 2.99. The number of carbonyl (C=O) groups is 1. The summed E-state index contributed by atoms with van der Waals surface area (Å²) in [4.78, 5) is 10.8. The zero-order chi connectivity index (χ0) is 11.6. The second-order valence-corrected chi connectivity index (χ2v) is 4.87. The lowest BCUT2D eigenvalue weighted by atomic mass is 10.1. The van der Waals surface area contributed by atoms with E-state index in [1.54, 1.807) is 6.92 Å². The quantitative estimate of drug-likeness (QED) is 0.818. The number of hydrogen-bond donors (Lipinski definition) is 1. The summed E-state index contributed by atoms with van der Waals surface area (Å²) in [6.45, 7) is 1.80. The number of primary sulfonamides is 1. The van der Waals surface area contributed by atoms with E-state index in [1.165, 1.54) is 18.2 Å². The smallest absolute Gasteiger partial charge is 0.252 e. The number of hydrogen-bond acceptors (Lipinski definition) is 3. The highest BCUT2D eigenvalue weighted by molar-refractivity contribution is 7.89. The van der Waals surface area contributed by atoms with Gasteiger partial charge in [0.25, 0.3) is 5.24 Å². The van der Waals surface area contributed by atoms with E-state index in [2.05, 4.69) is 0 Å². The molecule has 6 heteroatoms. The fourth-order valence-electron chi connectivity index (χ4n) is 1.23. The number of aryl methyl sites for hydroxylation is 1. The summed E-state index contributed by atoms with van der Waals surface area (Å²) in [5.74, 6) is 0.